The van der Waals surface area contributed by atoms with Crippen molar-refractivity contribution in [2.45, 2.75) is 25.7 Å². The molecular formula is C17H24N6O. The summed E-state index contributed by atoms with van der Waals surface area (Å²) in [4.78, 5) is 32.1. The molecule has 0 spiro atoms. The molecule has 0 aliphatic carbocycles. The van der Waals surface area contributed by atoms with Gasteiger partial charge in [-0.25, -0.2) is 9.97 Å². The van der Waals surface area contributed by atoms with Gasteiger partial charge in [-0.2, -0.15) is 0 Å². The minimum atomic E-state index is 0.0447. The number of aromatic nitrogens is 4. The lowest BCUT2D eigenvalue weighted by atomic mass is 9.95. The van der Waals surface area contributed by atoms with E-state index < -0.39 is 0 Å². The third-order valence-electron chi connectivity index (χ3n) is 4.51. The van der Waals surface area contributed by atoms with Gasteiger partial charge in [-0.1, -0.05) is 0 Å². The van der Waals surface area contributed by atoms with Crippen LogP contribution in [0.15, 0.2) is 24.9 Å². The van der Waals surface area contributed by atoms with Crippen molar-refractivity contribution in [1.29, 1.82) is 0 Å². The van der Waals surface area contributed by atoms with Gasteiger partial charge < -0.3 is 14.8 Å². The number of aromatic amines is 1. The van der Waals surface area contributed by atoms with Gasteiger partial charge in [0.25, 0.3) is 5.91 Å². The van der Waals surface area contributed by atoms with Crippen LogP contribution in [0.25, 0.3) is 0 Å². The van der Waals surface area contributed by atoms with Gasteiger partial charge in [0, 0.05) is 27.2 Å². The Bertz CT molecular complexity index is 652. The molecular weight excluding hydrogens is 304 g/mol. The third-order valence-corrected chi connectivity index (χ3v) is 4.51. The Hall–Kier alpha value is -2.44. The third kappa shape index (κ3) is 3.90. The molecule has 1 saturated heterocycles. The molecule has 2 aromatic heterocycles. The number of imidazole rings is 1. The van der Waals surface area contributed by atoms with E-state index in [4.69, 9.17) is 0 Å². The van der Waals surface area contributed by atoms with Crippen LogP contribution in [0.1, 0.15) is 35.4 Å². The second kappa shape index (κ2) is 7.42. The number of hydrogen-bond donors (Lipinski definition) is 1. The number of likely N-dealkylation sites (tertiary alicyclic amines) is 1. The molecule has 24 heavy (non-hydrogen) atoms. The first-order valence-electron chi connectivity index (χ1n) is 8.39. The number of amides is 1. The van der Waals surface area contributed by atoms with Crippen molar-refractivity contribution in [2.24, 2.45) is 5.92 Å². The Labute approximate surface area is 142 Å². The van der Waals surface area contributed by atoms with Gasteiger partial charge in [-0.05, 0) is 31.6 Å². The molecule has 1 N–H and O–H groups in total. The molecule has 0 unspecified atom stereocenters. The molecule has 7 heteroatoms. The van der Waals surface area contributed by atoms with E-state index in [1.165, 1.54) is 0 Å². The van der Waals surface area contributed by atoms with Crippen LogP contribution in [0.4, 0.5) is 5.82 Å². The fourth-order valence-corrected chi connectivity index (χ4v) is 3.10. The molecule has 1 aliphatic rings. The molecule has 0 radical (unpaired) electrons. The molecule has 128 valence electrons. The normalized spacial score (nSPS) is 18.2. The maximum absolute atomic E-state index is 12.4. The minimum absolute atomic E-state index is 0.0447. The molecule has 1 fully saturated rings. The molecule has 7 nitrogen and oxygen atoms in total. The summed E-state index contributed by atoms with van der Waals surface area (Å²) in [5.41, 5.74) is 1.59. The summed E-state index contributed by atoms with van der Waals surface area (Å²) in [5, 5.41) is 0. The Balaban J connectivity index is 1.56. The lowest BCUT2D eigenvalue weighted by Crippen LogP contribution is -2.32. The maximum Gasteiger partial charge on any atom is 0.271 e. The Morgan fingerprint density at radius 2 is 2.12 bits per heavy atom. The summed E-state index contributed by atoms with van der Waals surface area (Å²) >= 11 is 0. The number of carbonyl (C=O) groups is 1. The highest BCUT2D eigenvalue weighted by Crippen LogP contribution is 2.22. The zero-order valence-corrected chi connectivity index (χ0v) is 14.3. The number of H-pyrrole nitrogens is 1. The molecule has 3 rings (SSSR count). The van der Waals surface area contributed by atoms with Crippen LogP contribution in [0.3, 0.4) is 0 Å². The monoisotopic (exact) mass is 328 g/mol. The minimum Gasteiger partial charge on any atom is -0.361 e. The summed E-state index contributed by atoms with van der Waals surface area (Å²) in [6, 6.07) is 0. The quantitative estimate of drug-likeness (QED) is 0.925. The second-order valence-corrected chi connectivity index (χ2v) is 6.52. The number of carbonyl (C=O) groups excluding carboxylic acids is 1. The van der Waals surface area contributed by atoms with Gasteiger partial charge in [0.15, 0.2) is 0 Å². The van der Waals surface area contributed by atoms with Crippen LogP contribution in [-0.4, -0.2) is 57.9 Å². The molecule has 1 aliphatic heterocycles. The number of anilines is 1. The summed E-state index contributed by atoms with van der Waals surface area (Å²) < 4.78 is 0. The van der Waals surface area contributed by atoms with Gasteiger partial charge in [0.1, 0.15) is 11.5 Å². The highest BCUT2D eigenvalue weighted by Gasteiger charge is 2.22. The van der Waals surface area contributed by atoms with Crippen molar-refractivity contribution in [3.05, 3.63) is 36.3 Å². The fourth-order valence-electron chi connectivity index (χ4n) is 3.10. The first-order valence-corrected chi connectivity index (χ1v) is 8.39. The van der Waals surface area contributed by atoms with Crippen LogP contribution in [0.2, 0.25) is 0 Å². The van der Waals surface area contributed by atoms with E-state index in [2.05, 4.69) is 19.9 Å². The zero-order valence-electron chi connectivity index (χ0n) is 14.3. The first-order chi connectivity index (χ1) is 11.6. The van der Waals surface area contributed by atoms with E-state index in [9.17, 15) is 4.79 Å². The molecule has 1 amide bonds. The van der Waals surface area contributed by atoms with E-state index >= 15 is 0 Å². The van der Waals surface area contributed by atoms with Crippen LogP contribution >= 0.6 is 0 Å². The Kier molecular flexibility index (Phi) is 5.08. The average Bonchev–Trinajstić information content (AvgIpc) is 3.02. The predicted octanol–water partition coefficient (Wildman–Crippen LogP) is 1.75. The highest BCUT2D eigenvalue weighted by atomic mass is 16.2. The van der Waals surface area contributed by atoms with Crippen molar-refractivity contribution in [2.75, 3.05) is 32.1 Å². The highest BCUT2D eigenvalue weighted by molar-refractivity contribution is 5.92. The second-order valence-electron chi connectivity index (χ2n) is 6.52. The van der Waals surface area contributed by atoms with Crippen molar-refractivity contribution >= 4 is 11.7 Å². The summed E-state index contributed by atoms with van der Waals surface area (Å²) in [5.74, 6) is 1.46. The molecule has 0 saturated carbocycles. The van der Waals surface area contributed by atoms with Crippen LogP contribution < -0.4 is 4.90 Å². The summed E-state index contributed by atoms with van der Waals surface area (Å²) in [6.45, 7) is 1.59. The van der Waals surface area contributed by atoms with Crippen molar-refractivity contribution < 1.29 is 4.79 Å². The van der Waals surface area contributed by atoms with Crippen molar-refractivity contribution in [1.82, 2.24) is 24.8 Å². The molecule has 2 aromatic rings. The Morgan fingerprint density at radius 3 is 2.79 bits per heavy atom. The van der Waals surface area contributed by atoms with E-state index in [0.717, 1.165) is 50.3 Å². The van der Waals surface area contributed by atoms with Gasteiger partial charge in [0.05, 0.1) is 30.6 Å². The SMILES string of the molecule is CN(C)c1cnc(C[C@H]2CCCN(C(=O)c3cnc[nH]3)CC2)cn1. The van der Waals surface area contributed by atoms with Gasteiger partial charge in [0.2, 0.25) is 0 Å². The fraction of sp³-hybridized carbons (Fsp3) is 0.529. The summed E-state index contributed by atoms with van der Waals surface area (Å²) in [7, 11) is 3.92. The molecule has 1 atom stereocenters. The van der Waals surface area contributed by atoms with E-state index in [-0.39, 0.29) is 5.91 Å². The summed E-state index contributed by atoms with van der Waals surface area (Å²) in [6.07, 6.45) is 10.9. The zero-order chi connectivity index (χ0) is 16.9. The van der Waals surface area contributed by atoms with Crippen LogP contribution in [0, 0.1) is 5.92 Å². The van der Waals surface area contributed by atoms with E-state index in [0.29, 0.717) is 11.6 Å². The van der Waals surface area contributed by atoms with Crippen molar-refractivity contribution in [3.63, 3.8) is 0 Å². The average molecular weight is 328 g/mol. The smallest absolute Gasteiger partial charge is 0.271 e. The Morgan fingerprint density at radius 1 is 1.25 bits per heavy atom. The van der Waals surface area contributed by atoms with E-state index in [1.807, 2.05) is 36.3 Å². The molecule has 0 aromatic carbocycles. The van der Waals surface area contributed by atoms with Crippen LogP contribution in [-0.2, 0) is 6.42 Å². The number of rotatable bonds is 4. The van der Waals surface area contributed by atoms with E-state index in [1.54, 1.807) is 12.5 Å². The van der Waals surface area contributed by atoms with Gasteiger partial charge in [-0.15, -0.1) is 0 Å². The largest absolute Gasteiger partial charge is 0.361 e. The standard InChI is InChI=1S/C17H24N6O/c1-22(2)16-11-19-14(9-20-16)8-13-4-3-6-23(7-5-13)17(24)15-10-18-12-21-15/h9-13H,3-8H2,1-2H3,(H,18,21)/t13-/m0/s1. The molecule has 0 bridgehead atoms. The number of hydrogen-bond acceptors (Lipinski definition) is 5. The molecule has 3 heterocycles. The number of nitrogens with zero attached hydrogens (tertiary/aromatic N) is 5. The maximum atomic E-state index is 12.4. The lowest BCUT2D eigenvalue weighted by molar-refractivity contribution is 0.0754. The first kappa shape index (κ1) is 16.4. The van der Waals surface area contributed by atoms with Gasteiger partial charge in [-0.3, -0.25) is 9.78 Å². The lowest BCUT2D eigenvalue weighted by Gasteiger charge is -2.19. The van der Waals surface area contributed by atoms with Gasteiger partial charge >= 0.3 is 0 Å². The van der Waals surface area contributed by atoms with Crippen molar-refractivity contribution in [3.8, 4) is 0 Å². The topological polar surface area (TPSA) is 78.0 Å². The number of nitrogens with one attached hydrogen (secondary N) is 1. The van der Waals surface area contributed by atoms with Crippen LogP contribution in [0.5, 0.6) is 0 Å². The predicted molar refractivity (Wildman–Crippen MR) is 91.9 cm³/mol.